The summed E-state index contributed by atoms with van der Waals surface area (Å²) in [5.41, 5.74) is 0. The molecule has 0 N–H and O–H groups in total. The number of hydrogen-bond donors (Lipinski definition) is 0. The number of aromatic nitrogens is 2. The van der Waals surface area contributed by atoms with Crippen molar-refractivity contribution in [2.75, 3.05) is 14.1 Å². The average molecular weight is 229 g/mol. The highest BCUT2D eigenvalue weighted by atomic mass is 79.9. The molecular formula is C7H9BrN4. The zero-order valence-corrected chi connectivity index (χ0v) is 8.48. The summed E-state index contributed by atoms with van der Waals surface area (Å²) in [5.74, 6) is 0.604. The molecule has 0 aliphatic carbocycles. The Morgan fingerprint density at radius 1 is 1.42 bits per heavy atom. The monoisotopic (exact) mass is 228 g/mol. The summed E-state index contributed by atoms with van der Waals surface area (Å²) in [5, 5.41) is 7.62. The Balaban J connectivity index is 2.71. The Bertz CT molecular complexity index is 267. The highest BCUT2D eigenvalue weighted by Crippen LogP contribution is 2.08. The molecule has 0 aliphatic rings. The fourth-order valence-corrected chi connectivity index (χ4v) is 0.764. The van der Waals surface area contributed by atoms with Gasteiger partial charge in [-0.2, -0.15) is 0 Å². The molecule has 5 heteroatoms. The second-order valence-corrected chi connectivity index (χ2v) is 3.23. The van der Waals surface area contributed by atoms with Crippen LogP contribution < -0.4 is 0 Å². The van der Waals surface area contributed by atoms with Crippen molar-refractivity contribution in [2.45, 2.75) is 0 Å². The number of rotatable bonds is 2. The van der Waals surface area contributed by atoms with E-state index in [4.69, 9.17) is 0 Å². The highest BCUT2D eigenvalue weighted by Gasteiger charge is 1.90. The summed E-state index contributed by atoms with van der Waals surface area (Å²) >= 11 is 3.19. The first kappa shape index (κ1) is 9.12. The Morgan fingerprint density at radius 3 is 2.67 bits per heavy atom. The molecule has 0 unspecified atom stereocenters. The number of nitrogens with zero attached hydrogens (tertiary/aromatic N) is 4. The Morgan fingerprint density at radius 2 is 2.17 bits per heavy atom. The van der Waals surface area contributed by atoms with Crippen LogP contribution in [0.3, 0.4) is 0 Å². The van der Waals surface area contributed by atoms with Crippen LogP contribution in [0.4, 0.5) is 5.82 Å². The fraction of sp³-hybridized carbons (Fsp3) is 0.286. The van der Waals surface area contributed by atoms with Crippen molar-refractivity contribution < 1.29 is 0 Å². The smallest absolute Gasteiger partial charge is 0.175 e. The molecule has 1 aromatic rings. The molecule has 1 rings (SSSR count). The Hall–Kier alpha value is -0.970. The lowest BCUT2D eigenvalue weighted by molar-refractivity contribution is 0.642. The number of hydrogen-bond acceptors (Lipinski definition) is 3. The molecule has 0 saturated carbocycles. The maximum Gasteiger partial charge on any atom is 0.175 e. The number of halogens is 1. The average Bonchev–Trinajstić information content (AvgIpc) is 2.03. The maximum atomic E-state index is 4.05. The van der Waals surface area contributed by atoms with E-state index >= 15 is 0 Å². The van der Waals surface area contributed by atoms with Crippen LogP contribution in [0.15, 0.2) is 21.7 Å². The van der Waals surface area contributed by atoms with E-state index in [1.54, 1.807) is 18.5 Å². The SMILES string of the molecule is CN(C)/C=N/c1ccc(Br)nn1. The Labute approximate surface area is 79.5 Å². The summed E-state index contributed by atoms with van der Waals surface area (Å²) in [4.78, 5) is 5.89. The van der Waals surface area contributed by atoms with Gasteiger partial charge >= 0.3 is 0 Å². The topological polar surface area (TPSA) is 41.4 Å². The maximum absolute atomic E-state index is 4.05. The summed E-state index contributed by atoms with van der Waals surface area (Å²) in [7, 11) is 3.80. The lowest BCUT2D eigenvalue weighted by Gasteiger charge is -2.00. The van der Waals surface area contributed by atoms with Gasteiger partial charge in [0.05, 0.1) is 6.34 Å². The van der Waals surface area contributed by atoms with E-state index in [0.717, 1.165) is 0 Å². The third-order valence-corrected chi connectivity index (χ3v) is 1.46. The van der Waals surface area contributed by atoms with Gasteiger partial charge in [0, 0.05) is 14.1 Å². The molecule has 0 amide bonds. The molecule has 0 aromatic carbocycles. The molecule has 0 atom stereocenters. The van der Waals surface area contributed by atoms with E-state index in [9.17, 15) is 0 Å². The van der Waals surface area contributed by atoms with Crippen LogP contribution in [-0.2, 0) is 0 Å². The van der Waals surface area contributed by atoms with Crippen molar-refractivity contribution in [3.05, 3.63) is 16.7 Å². The molecule has 0 bridgehead atoms. The van der Waals surface area contributed by atoms with Gasteiger partial charge in [-0.1, -0.05) is 0 Å². The summed E-state index contributed by atoms with van der Waals surface area (Å²) in [6, 6.07) is 3.59. The zero-order chi connectivity index (χ0) is 8.97. The van der Waals surface area contributed by atoms with Crippen molar-refractivity contribution in [3.8, 4) is 0 Å². The molecule has 0 aliphatic heterocycles. The predicted molar refractivity (Wildman–Crippen MR) is 51.6 cm³/mol. The van der Waals surface area contributed by atoms with Crippen LogP contribution in [0, 0.1) is 0 Å². The van der Waals surface area contributed by atoms with Crippen LogP contribution in [0.5, 0.6) is 0 Å². The summed E-state index contributed by atoms with van der Waals surface area (Å²) < 4.78 is 0.714. The van der Waals surface area contributed by atoms with Gasteiger partial charge in [0.25, 0.3) is 0 Å². The Kier molecular flexibility index (Phi) is 3.16. The van der Waals surface area contributed by atoms with E-state index in [-0.39, 0.29) is 0 Å². The van der Waals surface area contributed by atoms with Gasteiger partial charge in [-0.05, 0) is 28.1 Å². The van der Waals surface area contributed by atoms with Gasteiger partial charge in [0.1, 0.15) is 4.60 Å². The molecule has 0 radical (unpaired) electrons. The predicted octanol–water partition coefficient (Wildman–Crippen LogP) is 1.46. The minimum Gasteiger partial charge on any atom is -0.369 e. The molecule has 1 heterocycles. The zero-order valence-electron chi connectivity index (χ0n) is 6.90. The van der Waals surface area contributed by atoms with Gasteiger partial charge in [0.2, 0.25) is 0 Å². The lowest BCUT2D eigenvalue weighted by atomic mass is 10.5. The molecule has 64 valence electrons. The van der Waals surface area contributed by atoms with Crippen molar-refractivity contribution in [1.82, 2.24) is 15.1 Å². The van der Waals surface area contributed by atoms with Crippen LogP contribution in [-0.4, -0.2) is 35.5 Å². The minimum atomic E-state index is 0.604. The fourth-order valence-electron chi connectivity index (χ4n) is 0.552. The van der Waals surface area contributed by atoms with E-state index in [2.05, 4.69) is 31.1 Å². The van der Waals surface area contributed by atoms with Gasteiger partial charge in [-0.15, -0.1) is 10.2 Å². The molecule has 0 fully saturated rings. The van der Waals surface area contributed by atoms with E-state index in [0.29, 0.717) is 10.4 Å². The molecule has 0 spiro atoms. The van der Waals surface area contributed by atoms with Crippen LogP contribution in [0.1, 0.15) is 0 Å². The first-order chi connectivity index (χ1) is 5.68. The van der Waals surface area contributed by atoms with Crippen molar-refractivity contribution >= 4 is 28.1 Å². The van der Waals surface area contributed by atoms with Crippen molar-refractivity contribution in [2.24, 2.45) is 4.99 Å². The largest absolute Gasteiger partial charge is 0.369 e. The van der Waals surface area contributed by atoms with Crippen LogP contribution in [0.25, 0.3) is 0 Å². The third kappa shape index (κ3) is 2.96. The summed E-state index contributed by atoms with van der Waals surface area (Å²) in [6.45, 7) is 0. The van der Waals surface area contributed by atoms with Gasteiger partial charge in [-0.25, -0.2) is 4.99 Å². The standard InChI is InChI=1S/C7H9BrN4/c1-12(2)5-9-7-4-3-6(8)10-11-7/h3-5H,1-2H3/b9-5+. The summed E-state index contributed by atoms with van der Waals surface area (Å²) in [6.07, 6.45) is 1.68. The highest BCUT2D eigenvalue weighted by molar-refractivity contribution is 9.10. The second-order valence-electron chi connectivity index (χ2n) is 2.42. The van der Waals surface area contributed by atoms with Crippen molar-refractivity contribution in [3.63, 3.8) is 0 Å². The first-order valence-corrected chi connectivity index (χ1v) is 4.17. The first-order valence-electron chi connectivity index (χ1n) is 3.38. The lowest BCUT2D eigenvalue weighted by Crippen LogP contribution is -2.07. The van der Waals surface area contributed by atoms with E-state index in [1.165, 1.54) is 0 Å². The van der Waals surface area contributed by atoms with Gasteiger partial charge in [0.15, 0.2) is 5.82 Å². The molecule has 1 aromatic heterocycles. The quantitative estimate of drug-likeness (QED) is 0.569. The molecule has 0 saturated heterocycles. The van der Waals surface area contributed by atoms with E-state index < -0.39 is 0 Å². The van der Waals surface area contributed by atoms with Crippen LogP contribution in [0.2, 0.25) is 0 Å². The normalized spacial score (nSPS) is 10.6. The second kappa shape index (κ2) is 4.15. The van der Waals surface area contributed by atoms with Crippen molar-refractivity contribution in [1.29, 1.82) is 0 Å². The van der Waals surface area contributed by atoms with Crippen LogP contribution >= 0.6 is 15.9 Å². The van der Waals surface area contributed by atoms with Gasteiger partial charge < -0.3 is 4.90 Å². The minimum absolute atomic E-state index is 0.604. The van der Waals surface area contributed by atoms with E-state index in [1.807, 2.05) is 19.0 Å². The van der Waals surface area contributed by atoms with Gasteiger partial charge in [-0.3, -0.25) is 0 Å². The molecule has 4 nitrogen and oxygen atoms in total. The number of aliphatic imine (C=N–C) groups is 1. The molecular weight excluding hydrogens is 220 g/mol. The molecule has 12 heavy (non-hydrogen) atoms. The third-order valence-electron chi connectivity index (χ3n) is 1.04.